The van der Waals surface area contributed by atoms with E-state index >= 15 is 0 Å². The van der Waals surface area contributed by atoms with Crippen molar-refractivity contribution >= 4 is 64.9 Å². The monoisotopic (exact) mass is 456 g/mol. The zero-order valence-electron chi connectivity index (χ0n) is 10.2. The smallest absolute Gasteiger partial charge is 0.265 e. The van der Waals surface area contributed by atoms with Gasteiger partial charge in [0.1, 0.15) is 4.90 Å². The lowest BCUT2D eigenvalue weighted by Crippen LogP contribution is -2.16. The van der Waals surface area contributed by atoms with E-state index in [1.165, 1.54) is 0 Å². The minimum absolute atomic E-state index is 0.0490. The first-order valence-corrected chi connectivity index (χ1v) is 8.88. The summed E-state index contributed by atoms with van der Waals surface area (Å²) >= 11 is 12.1. The molecule has 0 atom stereocenters. The summed E-state index contributed by atoms with van der Waals surface area (Å²) in [4.78, 5) is -0.616. The molecule has 0 bridgehead atoms. The van der Waals surface area contributed by atoms with Gasteiger partial charge in [-0.3, -0.25) is 4.72 Å². The van der Waals surface area contributed by atoms with E-state index in [9.17, 15) is 12.8 Å². The Morgan fingerprint density at radius 3 is 2.33 bits per heavy atom. The summed E-state index contributed by atoms with van der Waals surface area (Å²) in [5, 5.41) is -0.360. The van der Waals surface area contributed by atoms with Crippen LogP contribution >= 0.6 is 43.5 Å². The van der Waals surface area contributed by atoms with Crippen molar-refractivity contribution in [3.8, 4) is 0 Å². The molecule has 21 heavy (non-hydrogen) atoms. The topological polar surface area (TPSA) is 72.2 Å². The number of sulfonamides is 1. The van der Waals surface area contributed by atoms with Gasteiger partial charge in [0.05, 0.1) is 10.7 Å². The van der Waals surface area contributed by atoms with Gasteiger partial charge in [-0.25, -0.2) is 12.8 Å². The first-order valence-electron chi connectivity index (χ1n) is 5.43. The molecule has 0 aliphatic rings. The highest BCUT2D eigenvalue weighted by Gasteiger charge is 2.23. The predicted molar refractivity (Wildman–Crippen MR) is 88.5 cm³/mol. The summed E-state index contributed by atoms with van der Waals surface area (Å²) in [5.74, 6) is -1.05. The Morgan fingerprint density at radius 1 is 1.19 bits per heavy atom. The SMILES string of the molecule is Nc1cc(Cl)c(F)c(S(=O)(=O)Nc2c(Br)cccc2Br)c1. The van der Waals surface area contributed by atoms with Crippen LogP contribution in [0.1, 0.15) is 0 Å². The van der Waals surface area contributed by atoms with Gasteiger partial charge in [0.15, 0.2) is 5.82 Å². The average Bonchev–Trinajstić information content (AvgIpc) is 2.38. The number of rotatable bonds is 3. The van der Waals surface area contributed by atoms with Gasteiger partial charge in [-0.1, -0.05) is 17.7 Å². The van der Waals surface area contributed by atoms with Crippen molar-refractivity contribution in [3.63, 3.8) is 0 Å². The summed E-state index contributed by atoms with van der Waals surface area (Å²) < 4.78 is 41.9. The summed E-state index contributed by atoms with van der Waals surface area (Å²) in [5.41, 5.74) is 5.81. The molecule has 0 saturated carbocycles. The van der Waals surface area contributed by atoms with E-state index < -0.39 is 20.7 Å². The van der Waals surface area contributed by atoms with Crippen molar-refractivity contribution in [2.75, 3.05) is 10.5 Å². The number of nitrogens with two attached hydrogens (primary N) is 1. The molecule has 0 aliphatic heterocycles. The van der Waals surface area contributed by atoms with Crippen molar-refractivity contribution in [3.05, 3.63) is 50.1 Å². The molecular formula is C12H8Br2ClFN2O2S. The maximum atomic E-state index is 14.0. The van der Waals surface area contributed by atoms with E-state index in [0.717, 1.165) is 12.1 Å². The van der Waals surface area contributed by atoms with E-state index in [0.29, 0.717) is 8.95 Å². The lowest BCUT2D eigenvalue weighted by atomic mass is 10.3. The first kappa shape index (κ1) is 16.5. The Morgan fingerprint density at radius 2 is 1.76 bits per heavy atom. The second-order valence-corrected chi connectivity index (χ2v) is 7.78. The molecule has 4 nitrogen and oxygen atoms in total. The quantitative estimate of drug-likeness (QED) is 0.671. The van der Waals surface area contributed by atoms with Crippen LogP contribution in [0.2, 0.25) is 5.02 Å². The summed E-state index contributed by atoms with van der Waals surface area (Å²) in [6, 6.07) is 7.15. The second kappa shape index (κ2) is 6.12. The molecule has 0 aliphatic carbocycles. The van der Waals surface area contributed by atoms with Crippen LogP contribution in [0.5, 0.6) is 0 Å². The van der Waals surface area contributed by atoms with Crippen molar-refractivity contribution in [2.24, 2.45) is 0 Å². The zero-order chi connectivity index (χ0) is 15.8. The van der Waals surface area contributed by atoms with Gasteiger partial charge in [0, 0.05) is 14.6 Å². The van der Waals surface area contributed by atoms with Gasteiger partial charge < -0.3 is 5.73 Å². The number of hydrogen-bond acceptors (Lipinski definition) is 3. The maximum Gasteiger partial charge on any atom is 0.265 e. The van der Waals surface area contributed by atoms with Crippen LogP contribution < -0.4 is 10.5 Å². The Bertz CT molecular complexity index is 795. The number of hydrogen-bond donors (Lipinski definition) is 2. The van der Waals surface area contributed by atoms with E-state index in [4.69, 9.17) is 17.3 Å². The van der Waals surface area contributed by atoms with Crippen molar-refractivity contribution in [1.29, 1.82) is 0 Å². The third kappa shape index (κ3) is 3.50. The minimum atomic E-state index is -4.18. The number of benzene rings is 2. The summed E-state index contributed by atoms with van der Waals surface area (Å²) in [7, 11) is -4.18. The lowest BCUT2D eigenvalue weighted by molar-refractivity contribution is 0.571. The molecule has 112 valence electrons. The third-order valence-electron chi connectivity index (χ3n) is 2.51. The largest absolute Gasteiger partial charge is 0.399 e. The second-order valence-electron chi connectivity index (χ2n) is 4.02. The first-order chi connectivity index (χ1) is 9.72. The van der Waals surface area contributed by atoms with Gasteiger partial charge in [-0.15, -0.1) is 0 Å². The zero-order valence-corrected chi connectivity index (χ0v) is 14.9. The summed E-state index contributed by atoms with van der Waals surface area (Å²) in [6.07, 6.45) is 0. The fourth-order valence-electron chi connectivity index (χ4n) is 1.56. The van der Waals surface area contributed by atoms with Crippen molar-refractivity contribution < 1.29 is 12.8 Å². The Hall–Kier alpha value is -0.830. The minimum Gasteiger partial charge on any atom is -0.399 e. The van der Waals surface area contributed by atoms with E-state index in [1.54, 1.807) is 18.2 Å². The number of halogens is 4. The molecule has 9 heteroatoms. The normalized spacial score (nSPS) is 11.4. The molecule has 0 amide bonds. The molecular weight excluding hydrogens is 450 g/mol. The van der Waals surface area contributed by atoms with Gasteiger partial charge in [0.2, 0.25) is 0 Å². The lowest BCUT2D eigenvalue weighted by Gasteiger charge is -2.13. The highest BCUT2D eigenvalue weighted by atomic mass is 79.9. The van der Waals surface area contributed by atoms with Crippen LogP contribution in [-0.2, 0) is 10.0 Å². The highest BCUT2D eigenvalue weighted by molar-refractivity contribution is 9.11. The van der Waals surface area contributed by atoms with E-state index in [1.807, 2.05) is 0 Å². The summed E-state index contributed by atoms with van der Waals surface area (Å²) in [6.45, 7) is 0. The highest BCUT2D eigenvalue weighted by Crippen LogP contribution is 2.34. The molecule has 0 heterocycles. The van der Waals surface area contributed by atoms with Gasteiger partial charge >= 0.3 is 0 Å². The number of anilines is 2. The molecule has 2 aromatic carbocycles. The molecule has 0 radical (unpaired) electrons. The number of nitrogen functional groups attached to an aromatic ring is 1. The van der Waals surface area contributed by atoms with Crippen LogP contribution in [0, 0.1) is 5.82 Å². The van der Waals surface area contributed by atoms with Crippen molar-refractivity contribution in [2.45, 2.75) is 4.90 Å². The molecule has 0 aromatic heterocycles. The Kier molecular flexibility index (Phi) is 4.82. The van der Waals surface area contributed by atoms with Crippen LogP contribution in [-0.4, -0.2) is 8.42 Å². The molecule has 0 saturated heterocycles. The Labute approximate surface area is 142 Å². The third-order valence-corrected chi connectivity index (χ3v) is 5.45. The predicted octanol–water partition coefficient (Wildman–Crippen LogP) is 4.39. The molecule has 2 rings (SSSR count). The van der Waals surface area contributed by atoms with Crippen LogP contribution in [0.25, 0.3) is 0 Å². The standard InChI is InChI=1S/C12H8Br2ClFN2O2S/c13-7-2-1-3-8(14)12(7)18-21(19,20)10-5-6(17)4-9(15)11(10)16/h1-5,18H,17H2. The van der Waals surface area contributed by atoms with Crippen molar-refractivity contribution in [1.82, 2.24) is 0 Å². The maximum absolute atomic E-state index is 14.0. The molecule has 0 spiro atoms. The van der Waals surface area contributed by atoms with Gasteiger partial charge in [-0.2, -0.15) is 0 Å². The molecule has 0 unspecified atom stereocenters. The number of para-hydroxylation sites is 1. The van der Waals surface area contributed by atoms with Crippen LogP contribution in [0.4, 0.5) is 15.8 Å². The fourth-order valence-corrected chi connectivity index (χ4v) is 4.54. The Balaban J connectivity index is 2.54. The number of nitrogens with one attached hydrogen (secondary N) is 1. The average molecular weight is 459 g/mol. The van der Waals surface area contributed by atoms with Gasteiger partial charge in [-0.05, 0) is 56.1 Å². The fraction of sp³-hybridized carbons (Fsp3) is 0. The van der Waals surface area contributed by atoms with E-state index in [2.05, 4.69) is 36.6 Å². The molecule has 2 aromatic rings. The molecule has 3 N–H and O–H groups in total. The van der Waals surface area contributed by atoms with Crippen LogP contribution in [0.15, 0.2) is 44.2 Å². The van der Waals surface area contributed by atoms with Crippen LogP contribution in [0.3, 0.4) is 0 Å². The van der Waals surface area contributed by atoms with E-state index in [-0.39, 0.29) is 16.4 Å². The van der Waals surface area contributed by atoms with Gasteiger partial charge in [0.25, 0.3) is 10.0 Å². The molecule has 0 fully saturated rings.